The molecule has 0 bridgehead atoms. The highest BCUT2D eigenvalue weighted by Gasteiger charge is 2.25. The third-order valence-electron chi connectivity index (χ3n) is 4.96. The van der Waals surface area contributed by atoms with E-state index >= 15 is 0 Å². The van der Waals surface area contributed by atoms with E-state index in [2.05, 4.69) is 62.2 Å². The van der Waals surface area contributed by atoms with E-state index in [0.717, 1.165) is 38.4 Å². The van der Waals surface area contributed by atoms with Crippen LogP contribution in [0.3, 0.4) is 0 Å². The van der Waals surface area contributed by atoms with E-state index in [1.165, 1.54) is 16.0 Å². The highest BCUT2D eigenvalue weighted by Crippen LogP contribution is 2.31. The maximum absolute atomic E-state index is 4.31. The van der Waals surface area contributed by atoms with Gasteiger partial charge in [-0.2, -0.15) is 0 Å². The molecule has 136 valence electrons. The first-order valence-electron chi connectivity index (χ1n) is 8.95. The average molecular weight is 385 g/mol. The van der Waals surface area contributed by atoms with Gasteiger partial charge in [0.25, 0.3) is 0 Å². The van der Waals surface area contributed by atoms with E-state index in [4.69, 9.17) is 0 Å². The summed E-state index contributed by atoms with van der Waals surface area (Å²) in [6.07, 6.45) is 6.96. The van der Waals surface area contributed by atoms with Crippen LogP contribution in [0, 0.1) is 0 Å². The second-order valence-corrected chi connectivity index (χ2v) is 8.43. The lowest BCUT2D eigenvalue weighted by atomic mass is 10.0. The Morgan fingerprint density at radius 1 is 1.31 bits per heavy atom. The highest BCUT2D eigenvalue weighted by atomic mass is 32.2. The number of nitrogens with zero attached hydrogens (tertiary/aromatic N) is 2. The molecule has 0 radical (unpaired) electrons. The fraction of sp³-hybridized carbons (Fsp3) is 0.350. The minimum absolute atomic E-state index is 0.369. The van der Waals surface area contributed by atoms with E-state index in [0.29, 0.717) is 6.04 Å². The molecule has 0 saturated carbocycles. The Kier molecular flexibility index (Phi) is 5.75. The van der Waals surface area contributed by atoms with E-state index in [9.17, 15) is 0 Å². The summed E-state index contributed by atoms with van der Waals surface area (Å²) in [6.45, 7) is 3.84. The summed E-state index contributed by atoms with van der Waals surface area (Å²) in [4.78, 5) is 13.0. The predicted molar refractivity (Wildman–Crippen MR) is 110 cm³/mol. The van der Waals surface area contributed by atoms with Gasteiger partial charge in [0.1, 0.15) is 5.82 Å². The number of rotatable bonds is 7. The molecule has 4 rings (SSSR count). The van der Waals surface area contributed by atoms with Crippen LogP contribution in [0.5, 0.6) is 0 Å². The van der Waals surface area contributed by atoms with E-state index in [1.807, 2.05) is 17.5 Å². The van der Waals surface area contributed by atoms with Crippen LogP contribution in [-0.4, -0.2) is 34.2 Å². The molecule has 0 amide bonds. The molecule has 0 saturated heterocycles. The number of hydrogen-bond acceptors (Lipinski definition) is 5. The summed E-state index contributed by atoms with van der Waals surface area (Å²) < 4.78 is 0. The first-order valence-corrected chi connectivity index (χ1v) is 11.1. The number of nitrogens with one attached hydrogen (secondary N) is 2. The molecular weight excluding hydrogens is 360 g/mol. The number of hydrogen-bond donors (Lipinski definition) is 2. The Bertz CT molecular complexity index is 811. The molecular formula is C20H24N4S2. The monoisotopic (exact) mass is 384 g/mol. The average Bonchev–Trinajstić information content (AvgIpc) is 3.36. The second-order valence-electron chi connectivity index (χ2n) is 6.55. The van der Waals surface area contributed by atoms with Crippen molar-refractivity contribution in [3.8, 4) is 0 Å². The second kappa shape index (κ2) is 8.39. The topological polar surface area (TPSA) is 44.0 Å². The van der Waals surface area contributed by atoms with E-state index in [-0.39, 0.29) is 0 Å². The van der Waals surface area contributed by atoms with Crippen molar-refractivity contribution in [1.29, 1.82) is 0 Å². The fourth-order valence-corrected chi connectivity index (χ4v) is 4.84. The molecule has 26 heavy (non-hydrogen) atoms. The van der Waals surface area contributed by atoms with Gasteiger partial charge in [-0.3, -0.25) is 4.90 Å². The molecule has 1 unspecified atom stereocenters. The predicted octanol–water partition coefficient (Wildman–Crippen LogP) is 4.08. The first-order chi connectivity index (χ1) is 12.8. The summed E-state index contributed by atoms with van der Waals surface area (Å²) in [5.74, 6) is 0.986. The zero-order chi connectivity index (χ0) is 17.8. The van der Waals surface area contributed by atoms with Crippen molar-refractivity contribution < 1.29 is 0 Å². The Hall–Kier alpha value is -1.60. The molecule has 6 heteroatoms. The minimum atomic E-state index is 0.369. The van der Waals surface area contributed by atoms with Crippen LogP contribution in [-0.2, 0) is 19.5 Å². The zero-order valence-electron chi connectivity index (χ0n) is 14.9. The molecule has 2 N–H and O–H groups in total. The molecule has 3 aromatic rings. The first kappa shape index (κ1) is 17.8. The third-order valence-corrected chi connectivity index (χ3v) is 6.73. The molecule has 4 nitrogen and oxygen atoms in total. The molecule has 0 spiro atoms. The smallest absolute Gasteiger partial charge is 0.120 e. The summed E-state index contributed by atoms with van der Waals surface area (Å²) in [5, 5.41) is 5.82. The fourth-order valence-electron chi connectivity index (χ4n) is 3.54. The number of benzene rings is 1. The normalized spacial score (nSPS) is 15.7. The van der Waals surface area contributed by atoms with Gasteiger partial charge in [-0.25, -0.2) is 4.98 Å². The van der Waals surface area contributed by atoms with E-state index in [1.54, 1.807) is 22.8 Å². The van der Waals surface area contributed by atoms with Gasteiger partial charge in [0, 0.05) is 47.8 Å². The Morgan fingerprint density at radius 2 is 2.19 bits per heavy atom. The van der Waals surface area contributed by atoms with Crippen molar-refractivity contribution in [2.45, 2.75) is 30.4 Å². The number of H-pyrrole nitrogens is 1. The molecule has 1 aliphatic rings. The van der Waals surface area contributed by atoms with Gasteiger partial charge in [-0.15, -0.1) is 23.1 Å². The van der Waals surface area contributed by atoms with Crippen LogP contribution in [0.4, 0.5) is 0 Å². The lowest BCUT2D eigenvalue weighted by molar-refractivity contribution is 0.176. The van der Waals surface area contributed by atoms with Gasteiger partial charge in [0.2, 0.25) is 0 Å². The number of fused-ring (bicyclic) bond motifs is 1. The summed E-state index contributed by atoms with van der Waals surface area (Å²) in [5.41, 5.74) is 2.88. The van der Waals surface area contributed by atoms with Crippen LogP contribution in [0.25, 0.3) is 0 Å². The molecule has 0 aliphatic carbocycles. The number of thiophene rings is 1. The molecule has 3 heterocycles. The molecule has 1 aliphatic heterocycles. The number of aromatic nitrogens is 2. The Morgan fingerprint density at radius 3 is 2.96 bits per heavy atom. The van der Waals surface area contributed by atoms with Gasteiger partial charge in [-0.1, -0.05) is 12.1 Å². The van der Waals surface area contributed by atoms with Gasteiger partial charge in [-0.05, 0) is 47.4 Å². The summed E-state index contributed by atoms with van der Waals surface area (Å²) in [7, 11) is 0. The van der Waals surface area contributed by atoms with Crippen LogP contribution in [0.1, 0.15) is 27.9 Å². The number of imidazole rings is 1. The summed E-state index contributed by atoms with van der Waals surface area (Å²) >= 11 is 3.69. The van der Waals surface area contributed by atoms with E-state index < -0.39 is 0 Å². The number of thioether (sulfide) groups is 1. The Labute approximate surface area is 163 Å². The lowest BCUT2D eigenvalue weighted by Gasteiger charge is -2.35. The van der Waals surface area contributed by atoms with Crippen molar-refractivity contribution in [2.24, 2.45) is 0 Å². The van der Waals surface area contributed by atoms with Gasteiger partial charge in [0.15, 0.2) is 0 Å². The largest absolute Gasteiger partial charge is 0.348 e. The van der Waals surface area contributed by atoms with Crippen LogP contribution in [0.15, 0.2) is 53.0 Å². The quantitative estimate of drug-likeness (QED) is 0.603. The van der Waals surface area contributed by atoms with Crippen LogP contribution in [0.2, 0.25) is 0 Å². The number of aromatic amines is 1. The Balaban J connectivity index is 1.50. The minimum Gasteiger partial charge on any atom is -0.348 e. The maximum atomic E-state index is 4.31. The van der Waals surface area contributed by atoms with Gasteiger partial charge in [0.05, 0.1) is 6.54 Å². The molecule has 1 atom stereocenters. The lowest BCUT2D eigenvalue weighted by Crippen LogP contribution is -2.38. The highest BCUT2D eigenvalue weighted by molar-refractivity contribution is 7.98. The van der Waals surface area contributed by atoms with Crippen LogP contribution < -0.4 is 5.32 Å². The SMILES string of the molecule is CSc1ccc(C(CNCc2ncc[nH]2)N2CCc3sccc3C2)cc1. The molecule has 0 fully saturated rings. The standard InChI is InChI=1S/C20H24N4S2/c1-25-17-4-2-15(3-5-17)18(12-21-13-20-22-8-9-23-20)24-10-6-19-16(14-24)7-11-26-19/h2-5,7-9,11,18,21H,6,10,12-14H2,1H3,(H,22,23). The van der Waals surface area contributed by atoms with Crippen molar-refractivity contribution >= 4 is 23.1 Å². The molecule has 1 aromatic carbocycles. The maximum Gasteiger partial charge on any atom is 0.120 e. The van der Waals surface area contributed by atoms with Crippen molar-refractivity contribution in [2.75, 3.05) is 19.3 Å². The van der Waals surface area contributed by atoms with Crippen LogP contribution >= 0.6 is 23.1 Å². The van der Waals surface area contributed by atoms with Gasteiger partial charge >= 0.3 is 0 Å². The van der Waals surface area contributed by atoms with Crippen molar-refractivity contribution in [3.05, 3.63) is 69.9 Å². The zero-order valence-corrected chi connectivity index (χ0v) is 16.6. The molecule has 2 aromatic heterocycles. The summed E-state index contributed by atoms with van der Waals surface area (Å²) in [6, 6.07) is 11.7. The van der Waals surface area contributed by atoms with Crippen molar-refractivity contribution in [3.63, 3.8) is 0 Å². The van der Waals surface area contributed by atoms with Crippen molar-refractivity contribution in [1.82, 2.24) is 20.2 Å². The van der Waals surface area contributed by atoms with Gasteiger partial charge < -0.3 is 10.3 Å². The third kappa shape index (κ3) is 4.04.